The number of aryl methyl sites for hydroxylation is 2. The summed E-state index contributed by atoms with van der Waals surface area (Å²) in [5.74, 6) is 0.589. The molecule has 3 atom stereocenters. The molecule has 116 valence electrons. The van der Waals surface area contributed by atoms with E-state index < -0.39 is 0 Å². The van der Waals surface area contributed by atoms with Crippen molar-refractivity contribution in [1.82, 2.24) is 10.3 Å². The van der Waals surface area contributed by atoms with Crippen molar-refractivity contribution in [2.24, 2.45) is 5.92 Å². The van der Waals surface area contributed by atoms with Crippen molar-refractivity contribution in [3.8, 4) is 0 Å². The summed E-state index contributed by atoms with van der Waals surface area (Å²) >= 11 is 0. The van der Waals surface area contributed by atoms with Crippen LogP contribution in [-0.2, 0) is 9.47 Å². The highest BCUT2D eigenvalue weighted by atomic mass is 16.6. The molecule has 0 aromatic carbocycles. The van der Waals surface area contributed by atoms with Crippen LogP contribution in [0, 0.1) is 19.8 Å². The number of nitrogens with one attached hydrogen (secondary N) is 1. The third kappa shape index (κ3) is 3.12. The first kappa shape index (κ1) is 14.9. The molecule has 21 heavy (non-hydrogen) atoms. The van der Waals surface area contributed by atoms with Crippen LogP contribution in [0.2, 0.25) is 0 Å². The van der Waals surface area contributed by atoms with Crippen LogP contribution in [0.1, 0.15) is 42.3 Å². The molecule has 0 radical (unpaired) electrons. The summed E-state index contributed by atoms with van der Waals surface area (Å²) in [6.45, 7) is 6.58. The third-order valence-corrected chi connectivity index (χ3v) is 4.84. The van der Waals surface area contributed by atoms with Gasteiger partial charge in [0.15, 0.2) is 0 Å². The van der Waals surface area contributed by atoms with E-state index in [1.54, 1.807) is 0 Å². The van der Waals surface area contributed by atoms with E-state index in [1.807, 2.05) is 0 Å². The van der Waals surface area contributed by atoms with Crippen LogP contribution in [0.25, 0.3) is 0 Å². The molecule has 1 spiro atoms. The van der Waals surface area contributed by atoms with E-state index in [9.17, 15) is 0 Å². The van der Waals surface area contributed by atoms with Crippen molar-refractivity contribution in [2.45, 2.75) is 44.8 Å². The average Bonchev–Trinajstić information content (AvgIpc) is 2.86. The lowest BCUT2D eigenvalue weighted by atomic mass is 9.79. The number of ether oxygens (including phenoxy) is 2. The first-order valence-corrected chi connectivity index (χ1v) is 7.96. The quantitative estimate of drug-likeness (QED) is 0.929. The van der Waals surface area contributed by atoms with Crippen molar-refractivity contribution < 1.29 is 9.47 Å². The Morgan fingerprint density at radius 3 is 2.67 bits per heavy atom. The molecule has 2 aliphatic heterocycles. The Balaban J connectivity index is 1.82. The van der Waals surface area contributed by atoms with Gasteiger partial charge < -0.3 is 14.8 Å². The van der Waals surface area contributed by atoms with Gasteiger partial charge in [0, 0.05) is 37.1 Å². The van der Waals surface area contributed by atoms with Crippen LogP contribution in [0.5, 0.6) is 0 Å². The van der Waals surface area contributed by atoms with Gasteiger partial charge in [-0.3, -0.25) is 4.98 Å². The molecule has 0 aliphatic carbocycles. The number of nitrogens with zero attached hydrogens (tertiary/aromatic N) is 1. The summed E-state index contributed by atoms with van der Waals surface area (Å²) in [6, 6.07) is 4.79. The van der Waals surface area contributed by atoms with Gasteiger partial charge in [0.2, 0.25) is 0 Å². The molecular formula is C17H26N2O2. The summed E-state index contributed by atoms with van der Waals surface area (Å²) in [5, 5.41) is 3.52. The van der Waals surface area contributed by atoms with Crippen molar-refractivity contribution in [3.05, 3.63) is 29.1 Å². The molecule has 3 heterocycles. The normalized spacial score (nSPS) is 30.7. The van der Waals surface area contributed by atoms with Crippen molar-refractivity contribution in [2.75, 3.05) is 26.9 Å². The predicted octanol–water partition coefficient (Wildman–Crippen LogP) is 2.54. The van der Waals surface area contributed by atoms with E-state index >= 15 is 0 Å². The van der Waals surface area contributed by atoms with Gasteiger partial charge in [-0.05, 0) is 57.4 Å². The number of hydrogen-bond acceptors (Lipinski definition) is 4. The first-order chi connectivity index (χ1) is 10.1. The predicted molar refractivity (Wildman–Crippen MR) is 82.4 cm³/mol. The van der Waals surface area contributed by atoms with E-state index in [0.29, 0.717) is 12.0 Å². The Hall–Kier alpha value is -0.970. The number of hydrogen-bond donors (Lipinski definition) is 1. The van der Waals surface area contributed by atoms with E-state index in [2.05, 4.69) is 43.3 Å². The molecular weight excluding hydrogens is 264 g/mol. The molecule has 0 bridgehead atoms. The number of rotatable bonds is 3. The lowest BCUT2D eigenvalue weighted by molar-refractivity contribution is -0.103. The van der Waals surface area contributed by atoms with Gasteiger partial charge in [-0.15, -0.1) is 0 Å². The molecule has 3 rings (SSSR count). The van der Waals surface area contributed by atoms with Crippen LogP contribution < -0.4 is 5.32 Å². The Labute approximate surface area is 127 Å². The van der Waals surface area contributed by atoms with E-state index in [0.717, 1.165) is 50.5 Å². The Kier molecular flexibility index (Phi) is 4.29. The Morgan fingerprint density at radius 1 is 1.29 bits per heavy atom. The fourth-order valence-corrected chi connectivity index (χ4v) is 3.93. The molecule has 0 amide bonds. The minimum absolute atomic E-state index is 0.0326. The van der Waals surface area contributed by atoms with Crippen LogP contribution in [0.4, 0.5) is 0 Å². The summed E-state index contributed by atoms with van der Waals surface area (Å²) < 4.78 is 11.7. The van der Waals surface area contributed by atoms with Gasteiger partial charge in [0.1, 0.15) is 0 Å². The van der Waals surface area contributed by atoms with Gasteiger partial charge in [0.25, 0.3) is 0 Å². The lowest BCUT2D eigenvalue weighted by Crippen LogP contribution is -2.43. The molecule has 2 aliphatic rings. The van der Waals surface area contributed by atoms with E-state index in [1.165, 1.54) is 5.56 Å². The van der Waals surface area contributed by atoms with E-state index in [4.69, 9.17) is 9.47 Å². The minimum Gasteiger partial charge on any atom is -0.378 e. The average molecular weight is 290 g/mol. The second-order valence-electron chi connectivity index (χ2n) is 6.54. The molecule has 1 aromatic rings. The molecule has 2 saturated heterocycles. The lowest BCUT2D eigenvalue weighted by Gasteiger charge is -2.40. The third-order valence-electron chi connectivity index (χ3n) is 4.84. The topological polar surface area (TPSA) is 43.4 Å². The maximum absolute atomic E-state index is 6.07. The van der Waals surface area contributed by atoms with Gasteiger partial charge in [-0.2, -0.15) is 0 Å². The van der Waals surface area contributed by atoms with Crippen molar-refractivity contribution >= 4 is 0 Å². The van der Waals surface area contributed by atoms with Gasteiger partial charge in [-0.1, -0.05) is 0 Å². The van der Waals surface area contributed by atoms with Crippen LogP contribution in [-0.4, -0.2) is 37.5 Å². The van der Waals surface area contributed by atoms with Crippen LogP contribution in [0.3, 0.4) is 0 Å². The molecule has 0 saturated carbocycles. The van der Waals surface area contributed by atoms with Gasteiger partial charge >= 0.3 is 0 Å². The fraction of sp³-hybridized carbons (Fsp3) is 0.706. The summed E-state index contributed by atoms with van der Waals surface area (Å²) in [7, 11) is 2.06. The molecule has 3 unspecified atom stereocenters. The molecule has 1 N–H and O–H groups in total. The minimum atomic E-state index is -0.0326. The zero-order valence-corrected chi connectivity index (χ0v) is 13.3. The van der Waals surface area contributed by atoms with Crippen LogP contribution in [0.15, 0.2) is 12.1 Å². The Morgan fingerprint density at radius 2 is 2.05 bits per heavy atom. The van der Waals surface area contributed by atoms with E-state index in [-0.39, 0.29) is 5.60 Å². The second-order valence-corrected chi connectivity index (χ2v) is 6.54. The van der Waals surface area contributed by atoms with Gasteiger partial charge in [-0.25, -0.2) is 0 Å². The number of pyridine rings is 1. The smallest absolute Gasteiger partial charge is 0.0940 e. The van der Waals surface area contributed by atoms with Crippen molar-refractivity contribution in [3.63, 3.8) is 0 Å². The first-order valence-electron chi connectivity index (χ1n) is 7.96. The zero-order chi connectivity index (χ0) is 14.9. The highest BCUT2D eigenvalue weighted by Crippen LogP contribution is 2.40. The maximum Gasteiger partial charge on any atom is 0.0940 e. The summed E-state index contributed by atoms with van der Waals surface area (Å²) in [5.41, 5.74) is 3.51. The highest BCUT2D eigenvalue weighted by Gasteiger charge is 2.43. The second kappa shape index (κ2) is 6.03. The molecule has 4 heteroatoms. The van der Waals surface area contributed by atoms with Gasteiger partial charge in [0.05, 0.1) is 12.2 Å². The highest BCUT2D eigenvalue weighted by molar-refractivity contribution is 5.24. The largest absolute Gasteiger partial charge is 0.378 e. The zero-order valence-electron chi connectivity index (χ0n) is 13.3. The molecule has 1 aromatic heterocycles. The standard InChI is InChI=1S/C17H26N2O2/c1-12-8-15(9-13(2)19-12)16(18-3)14-4-6-21-17(10-14)5-7-20-11-17/h8-9,14,16,18H,4-7,10-11H2,1-3H3. The monoisotopic (exact) mass is 290 g/mol. The molecule has 4 nitrogen and oxygen atoms in total. The Bertz CT molecular complexity index is 477. The number of aromatic nitrogens is 1. The van der Waals surface area contributed by atoms with Crippen molar-refractivity contribution in [1.29, 1.82) is 0 Å². The van der Waals surface area contributed by atoms with Crippen LogP contribution >= 0.6 is 0 Å². The summed E-state index contributed by atoms with van der Waals surface area (Å²) in [6.07, 6.45) is 3.22. The maximum atomic E-state index is 6.07. The summed E-state index contributed by atoms with van der Waals surface area (Å²) in [4.78, 5) is 4.49. The molecule has 2 fully saturated rings. The SMILES string of the molecule is CNC(c1cc(C)nc(C)c1)C1CCOC2(CCOC2)C1. The fourth-order valence-electron chi connectivity index (χ4n) is 3.93.